The third-order valence-corrected chi connectivity index (χ3v) is 4.81. The molecule has 20 heavy (non-hydrogen) atoms. The van der Waals surface area contributed by atoms with E-state index in [0.717, 1.165) is 44.1 Å². The maximum absolute atomic E-state index is 6.05. The molecule has 1 atom stereocenters. The first-order valence-corrected chi connectivity index (χ1v) is 8.44. The molecule has 0 spiro atoms. The summed E-state index contributed by atoms with van der Waals surface area (Å²) in [6.07, 6.45) is 5.75. The SMILES string of the molecule is CCNC1CCCCc2c(Br)cc3c(c21)OCCCO3. The Morgan fingerprint density at radius 3 is 2.95 bits per heavy atom. The van der Waals surface area contributed by atoms with Crippen molar-refractivity contribution in [3.63, 3.8) is 0 Å². The highest BCUT2D eigenvalue weighted by Crippen LogP contribution is 2.45. The van der Waals surface area contributed by atoms with E-state index >= 15 is 0 Å². The lowest BCUT2D eigenvalue weighted by Gasteiger charge is -2.23. The molecule has 1 heterocycles. The molecular formula is C16H22BrNO2. The number of hydrogen-bond acceptors (Lipinski definition) is 3. The number of nitrogens with one attached hydrogen (secondary N) is 1. The first-order valence-electron chi connectivity index (χ1n) is 7.65. The van der Waals surface area contributed by atoms with Crippen molar-refractivity contribution in [2.75, 3.05) is 19.8 Å². The molecule has 0 amide bonds. The van der Waals surface area contributed by atoms with Crippen LogP contribution in [0.3, 0.4) is 0 Å². The van der Waals surface area contributed by atoms with Gasteiger partial charge in [0.05, 0.1) is 13.2 Å². The third kappa shape index (κ3) is 2.68. The van der Waals surface area contributed by atoms with Crippen LogP contribution >= 0.6 is 15.9 Å². The Labute approximate surface area is 129 Å². The Morgan fingerprint density at radius 2 is 2.10 bits per heavy atom. The molecule has 1 aromatic rings. The second-order valence-electron chi connectivity index (χ2n) is 5.48. The Bertz CT molecular complexity index is 490. The summed E-state index contributed by atoms with van der Waals surface area (Å²) >= 11 is 3.74. The number of rotatable bonds is 2. The zero-order chi connectivity index (χ0) is 13.9. The molecule has 110 valence electrons. The summed E-state index contributed by atoms with van der Waals surface area (Å²) in [5.41, 5.74) is 2.73. The molecule has 3 rings (SSSR count). The summed E-state index contributed by atoms with van der Waals surface area (Å²) in [6, 6.07) is 2.47. The molecule has 2 aliphatic rings. The Kier molecular flexibility index (Phi) is 4.51. The predicted octanol–water partition coefficient (Wildman–Crippen LogP) is 3.99. The van der Waals surface area contributed by atoms with Crippen LogP contribution in [0.4, 0.5) is 0 Å². The van der Waals surface area contributed by atoms with Gasteiger partial charge >= 0.3 is 0 Å². The highest BCUT2D eigenvalue weighted by molar-refractivity contribution is 9.10. The van der Waals surface area contributed by atoms with E-state index in [1.165, 1.54) is 34.9 Å². The van der Waals surface area contributed by atoms with Crippen molar-refractivity contribution in [1.29, 1.82) is 0 Å². The normalized spacial score (nSPS) is 21.8. The van der Waals surface area contributed by atoms with Crippen molar-refractivity contribution < 1.29 is 9.47 Å². The molecule has 0 saturated carbocycles. The molecule has 0 fully saturated rings. The van der Waals surface area contributed by atoms with E-state index in [4.69, 9.17) is 9.47 Å². The molecule has 1 aliphatic heterocycles. The van der Waals surface area contributed by atoms with Crippen LogP contribution in [-0.2, 0) is 6.42 Å². The summed E-state index contributed by atoms with van der Waals surface area (Å²) < 4.78 is 13.1. The van der Waals surface area contributed by atoms with E-state index in [0.29, 0.717) is 6.04 Å². The molecule has 1 aliphatic carbocycles. The first kappa shape index (κ1) is 14.2. The molecular weight excluding hydrogens is 318 g/mol. The predicted molar refractivity (Wildman–Crippen MR) is 83.7 cm³/mol. The summed E-state index contributed by atoms with van der Waals surface area (Å²) in [5.74, 6) is 1.88. The van der Waals surface area contributed by atoms with Crippen molar-refractivity contribution in [2.45, 2.75) is 45.1 Å². The summed E-state index contributed by atoms with van der Waals surface area (Å²) in [6.45, 7) is 4.63. The van der Waals surface area contributed by atoms with Gasteiger partial charge < -0.3 is 14.8 Å². The Hall–Kier alpha value is -0.740. The van der Waals surface area contributed by atoms with Gasteiger partial charge in [-0.25, -0.2) is 0 Å². The van der Waals surface area contributed by atoms with E-state index in [-0.39, 0.29) is 0 Å². The van der Waals surface area contributed by atoms with E-state index in [2.05, 4.69) is 34.2 Å². The van der Waals surface area contributed by atoms with Gasteiger partial charge in [0, 0.05) is 22.5 Å². The van der Waals surface area contributed by atoms with Crippen LogP contribution in [-0.4, -0.2) is 19.8 Å². The van der Waals surface area contributed by atoms with Crippen LogP contribution in [0.1, 0.15) is 49.8 Å². The highest BCUT2D eigenvalue weighted by atomic mass is 79.9. The summed E-state index contributed by atoms with van der Waals surface area (Å²) in [7, 11) is 0. The van der Waals surface area contributed by atoms with E-state index < -0.39 is 0 Å². The van der Waals surface area contributed by atoms with Crippen molar-refractivity contribution in [2.24, 2.45) is 0 Å². The van der Waals surface area contributed by atoms with Gasteiger partial charge in [0.1, 0.15) is 0 Å². The maximum Gasteiger partial charge on any atom is 0.166 e. The smallest absolute Gasteiger partial charge is 0.166 e. The number of hydrogen-bond donors (Lipinski definition) is 1. The van der Waals surface area contributed by atoms with Gasteiger partial charge in [0.25, 0.3) is 0 Å². The van der Waals surface area contributed by atoms with Crippen LogP contribution < -0.4 is 14.8 Å². The molecule has 3 nitrogen and oxygen atoms in total. The average Bonchev–Trinajstić information content (AvgIpc) is 2.78. The van der Waals surface area contributed by atoms with Crippen molar-refractivity contribution in [3.05, 3.63) is 21.7 Å². The fraction of sp³-hybridized carbons (Fsp3) is 0.625. The minimum Gasteiger partial charge on any atom is -0.490 e. The lowest BCUT2D eigenvalue weighted by Crippen LogP contribution is -2.22. The van der Waals surface area contributed by atoms with Crippen molar-refractivity contribution in [1.82, 2.24) is 5.32 Å². The lowest BCUT2D eigenvalue weighted by molar-refractivity contribution is 0.295. The number of ether oxygens (including phenoxy) is 2. The van der Waals surface area contributed by atoms with E-state index in [1.54, 1.807) is 0 Å². The zero-order valence-electron chi connectivity index (χ0n) is 12.0. The standard InChI is InChI=1S/C16H22BrNO2/c1-2-18-13-7-4-3-6-11-12(17)10-14-16(15(11)13)20-9-5-8-19-14/h10,13,18H,2-9H2,1H3. The van der Waals surface area contributed by atoms with Crippen LogP contribution in [0, 0.1) is 0 Å². The molecule has 0 saturated heterocycles. The number of benzene rings is 1. The second-order valence-corrected chi connectivity index (χ2v) is 6.34. The minimum atomic E-state index is 0.380. The fourth-order valence-electron chi connectivity index (χ4n) is 3.21. The zero-order valence-corrected chi connectivity index (χ0v) is 13.6. The Balaban J connectivity index is 2.13. The fourth-order valence-corrected chi connectivity index (χ4v) is 3.83. The Morgan fingerprint density at radius 1 is 1.25 bits per heavy atom. The van der Waals surface area contributed by atoms with E-state index in [9.17, 15) is 0 Å². The van der Waals surface area contributed by atoms with Crippen molar-refractivity contribution in [3.8, 4) is 11.5 Å². The maximum atomic E-state index is 6.05. The van der Waals surface area contributed by atoms with Crippen LogP contribution in [0.25, 0.3) is 0 Å². The number of fused-ring (bicyclic) bond motifs is 3. The molecule has 0 radical (unpaired) electrons. The van der Waals surface area contributed by atoms with E-state index in [1.807, 2.05) is 0 Å². The highest BCUT2D eigenvalue weighted by Gasteiger charge is 2.28. The number of halogens is 1. The lowest BCUT2D eigenvalue weighted by atomic mass is 9.97. The van der Waals surface area contributed by atoms with Crippen LogP contribution in [0.5, 0.6) is 11.5 Å². The molecule has 4 heteroatoms. The third-order valence-electron chi connectivity index (χ3n) is 4.10. The topological polar surface area (TPSA) is 30.5 Å². The molecule has 0 bridgehead atoms. The first-order chi connectivity index (χ1) is 9.81. The van der Waals surface area contributed by atoms with Gasteiger partial charge in [-0.2, -0.15) is 0 Å². The average molecular weight is 340 g/mol. The molecule has 1 unspecified atom stereocenters. The molecule has 0 aromatic heterocycles. The molecule has 1 N–H and O–H groups in total. The van der Waals surface area contributed by atoms with Crippen LogP contribution in [0.2, 0.25) is 0 Å². The van der Waals surface area contributed by atoms with Gasteiger partial charge in [-0.05, 0) is 37.4 Å². The van der Waals surface area contributed by atoms with Gasteiger partial charge in [-0.1, -0.05) is 29.3 Å². The van der Waals surface area contributed by atoms with Gasteiger partial charge in [0.15, 0.2) is 11.5 Å². The largest absolute Gasteiger partial charge is 0.490 e. The molecule has 1 aromatic carbocycles. The quantitative estimate of drug-likeness (QED) is 0.826. The monoisotopic (exact) mass is 339 g/mol. The van der Waals surface area contributed by atoms with Gasteiger partial charge in [0.2, 0.25) is 0 Å². The van der Waals surface area contributed by atoms with Gasteiger partial charge in [-0.3, -0.25) is 0 Å². The van der Waals surface area contributed by atoms with Crippen LogP contribution in [0.15, 0.2) is 10.5 Å². The second kappa shape index (κ2) is 6.35. The van der Waals surface area contributed by atoms with Crippen molar-refractivity contribution >= 4 is 15.9 Å². The minimum absolute atomic E-state index is 0.380. The summed E-state index contributed by atoms with van der Waals surface area (Å²) in [4.78, 5) is 0. The van der Waals surface area contributed by atoms with Gasteiger partial charge in [-0.15, -0.1) is 0 Å². The summed E-state index contributed by atoms with van der Waals surface area (Å²) in [5, 5.41) is 3.62.